The zero-order valence-corrected chi connectivity index (χ0v) is 10.3. The van der Waals surface area contributed by atoms with Gasteiger partial charge in [0.15, 0.2) is 0 Å². The maximum Gasteiger partial charge on any atom is 0.0648 e. The molecule has 1 aliphatic carbocycles. The Bertz CT molecular complexity index is 318. The summed E-state index contributed by atoms with van der Waals surface area (Å²) in [6.45, 7) is 4.37. The van der Waals surface area contributed by atoms with Gasteiger partial charge in [0.1, 0.15) is 0 Å². The van der Waals surface area contributed by atoms with E-state index in [4.69, 9.17) is 5.11 Å². The molecule has 0 spiro atoms. The molecule has 0 unspecified atom stereocenters. The maximum absolute atomic E-state index is 9.22. The summed E-state index contributed by atoms with van der Waals surface area (Å²) in [5.41, 5.74) is 4.75. The van der Waals surface area contributed by atoms with Gasteiger partial charge >= 0.3 is 0 Å². The van der Waals surface area contributed by atoms with Crippen LogP contribution in [0, 0.1) is 0 Å². The summed E-state index contributed by atoms with van der Waals surface area (Å²) in [5.74, 6) is 0. The number of aliphatic hydroxyl groups excluding tert-OH is 2. The Kier molecular flexibility index (Phi) is 5.50. The zero-order valence-electron chi connectivity index (χ0n) is 10.3. The minimum Gasteiger partial charge on any atom is -0.392 e. The van der Waals surface area contributed by atoms with Crippen molar-refractivity contribution in [3.05, 3.63) is 34.4 Å². The van der Waals surface area contributed by atoms with Crippen LogP contribution in [-0.4, -0.2) is 23.4 Å². The van der Waals surface area contributed by atoms with Gasteiger partial charge in [0.25, 0.3) is 0 Å². The van der Waals surface area contributed by atoms with Crippen LogP contribution in [0.3, 0.4) is 0 Å². The van der Waals surface area contributed by atoms with Crippen molar-refractivity contribution in [2.24, 2.45) is 0 Å². The fraction of sp³-hybridized carbons (Fsp3) is 0.571. The first-order valence-corrected chi connectivity index (χ1v) is 5.90. The van der Waals surface area contributed by atoms with Gasteiger partial charge in [-0.25, -0.2) is 0 Å². The predicted octanol–water partition coefficient (Wildman–Crippen LogP) is 2.73. The zero-order chi connectivity index (χ0) is 12.0. The lowest BCUT2D eigenvalue weighted by Crippen LogP contribution is -2.06. The molecule has 0 aromatic rings. The van der Waals surface area contributed by atoms with Crippen LogP contribution in [-0.2, 0) is 0 Å². The van der Waals surface area contributed by atoms with Crippen LogP contribution < -0.4 is 0 Å². The van der Waals surface area contributed by atoms with Gasteiger partial charge in [0, 0.05) is 0 Å². The molecule has 2 N–H and O–H groups in total. The largest absolute Gasteiger partial charge is 0.392 e. The Morgan fingerprint density at radius 3 is 2.50 bits per heavy atom. The quantitative estimate of drug-likeness (QED) is 0.702. The van der Waals surface area contributed by atoms with E-state index in [0.717, 1.165) is 36.8 Å². The number of allylic oxidation sites excluding steroid dienone is 4. The molecule has 0 fully saturated rings. The summed E-state index contributed by atoms with van der Waals surface area (Å²) >= 11 is 0. The van der Waals surface area contributed by atoms with Crippen molar-refractivity contribution in [2.45, 2.75) is 39.5 Å². The second-order valence-corrected chi connectivity index (χ2v) is 4.59. The van der Waals surface area contributed by atoms with Gasteiger partial charge in [-0.2, -0.15) is 0 Å². The van der Waals surface area contributed by atoms with E-state index in [0.29, 0.717) is 0 Å². The highest BCUT2D eigenvalue weighted by Gasteiger charge is 2.12. The maximum atomic E-state index is 9.22. The monoisotopic (exact) mass is 222 g/mol. The molecule has 90 valence electrons. The topological polar surface area (TPSA) is 40.5 Å². The second-order valence-electron chi connectivity index (χ2n) is 4.59. The number of hydrogen-bond acceptors (Lipinski definition) is 2. The lowest BCUT2D eigenvalue weighted by Gasteiger charge is -2.18. The highest BCUT2D eigenvalue weighted by Crippen LogP contribution is 2.26. The van der Waals surface area contributed by atoms with Crippen LogP contribution >= 0.6 is 0 Å². The normalized spacial score (nSPS) is 16.1. The van der Waals surface area contributed by atoms with Crippen LogP contribution in [0.2, 0.25) is 0 Å². The van der Waals surface area contributed by atoms with E-state index < -0.39 is 0 Å². The fourth-order valence-electron chi connectivity index (χ4n) is 1.96. The molecular weight excluding hydrogens is 200 g/mol. The highest BCUT2D eigenvalue weighted by molar-refractivity contribution is 5.30. The smallest absolute Gasteiger partial charge is 0.0648 e. The first kappa shape index (κ1) is 13.2. The third-order valence-electron chi connectivity index (χ3n) is 2.98. The Labute approximate surface area is 98.0 Å². The molecular formula is C14H22O2. The molecule has 0 bridgehead atoms. The Balaban J connectivity index is 2.49. The average molecular weight is 222 g/mol. The van der Waals surface area contributed by atoms with Crippen LogP contribution in [0.4, 0.5) is 0 Å². The summed E-state index contributed by atoms with van der Waals surface area (Å²) < 4.78 is 0. The van der Waals surface area contributed by atoms with Crippen molar-refractivity contribution in [2.75, 3.05) is 13.2 Å². The van der Waals surface area contributed by atoms with E-state index in [2.05, 4.69) is 26.0 Å². The SMILES string of the molecule is CC(C)=CCCC1=CCC(CO)=C(CO)C1. The summed E-state index contributed by atoms with van der Waals surface area (Å²) in [7, 11) is 0. The first-order chi connectivity index (χ1) is 7.67. The molecule has 0 atom stereocenters. The first-order valence-electron chi connectivity index (χ1n) is 5.90. The summed E-state index contributed by atoms with van der Waals surface area (Å²) in [6, 6.07) is 0. The minimum absolute atomic E-state index is 0.0770. The summed E-state index contributed by atoms with van der Waals surface area (Å²) in [4.78, 5) is 0. The molecule has 1 rings (SSSR count). The number of aliphatic hydroxyl groups is 2. The molecule has 1 aliphatic rings. The molecule has 0 radical (unpaired) electrons. The van der Waals surface area contributed by atoms with Crippen LogP contribution in [0.5, 0.6) is 0 Å². The van der Waals surface area contributed by atoms with Gasteiger partial charge in [0.2, 0.25) is 0 Å². The fourth-order valence-corrected chi connectivity index (χ4v) is 1.96. The van der Waals surface area contributed by atoms with Crippen molar-refractivity contribution in [1.82, 2.24) is 0 Å². The van der Waals surface area contributed by atoms with Crippen LogP contribution in [0.1, 0.15) is 39.5 Å². The second kappa shape index (κ2) is 6.66. The average Bonchev–Trinajstić information content (AvgIpc) is 2.28. The lowest BCUT2D eigenvalue weighted by atomic mass is 9.90. The molecule has 0 saturated carbocycles. The molecule has 0 aromatic carbocycles. The van der Waals surface area contributed by atoms with Gasteiger partial charge in [-0.1, -0.05) is 23.3 Å². The third kappa shape index (κ3) is 3.95. The molecule has 0 heterocycles. The highest BCUT2D eigenvalue weighted by atomic mass is 16.3. The molecule has 2 nitrogen and oxygen atoms in total. The van der Waals surface area contributed by atoms with Crippen molar-refractivity contribution >= 4 is 0 Å². The van der Waals surface area contributed by atoms with E-state index >= 15 is 0 Å². The van der Waals surface area contributed by atoms with Crippen molar-refractivity contribution in [1.29, 1.82) is 0 Å². The Morgan fingerprint density at radius 2 is 1.94 bits per heavy atom. The van der Waals surface area contributed by atoms with Gasteiger partial charge in [0.05, 0.1) is 13.2 Å². The summed E-state index contributed by atoms with van der Waals surface area (Å²) in [6.07, 6.45) is 8.21. The molecule has 0 amide bonds. The predicted molar refractivity (Wildman–Crippen MR) is 67.2 cm³/mol. The Hall–Kier alpha value is -0.860. The Morgan fingerprint density at radius 1 is 1.25 bits per heavy atom. The standard InChI is InChI=1S/C14H22O2/c1-11(2)4-3-5-12-6-7-13(9-15)14(8-12)10-16/h4,6,15-16H,3,5,7-10H2,1-2H3. The van der Waals surface area contributed by atoms with Crippen molar-refractivity contribution in [3.8, 4) is 0 Å². The van der Waals surface area contributed by atoms with Crippen molar-refractivity contribution < 1.29 is 10.2 Å². The molecule has 0 saturated heterocycles. The van der Waals surface area contributed by atoms with E-state index in [-0.39, 0.29) is 13.2 Å². The number of rotatable bonds is 5. The van der Waals surface area contributed by atoms with Gasteiger partial charge in [-0.15, -0.1) is 0 Å². The number of hydrogen-bond donors (Lipinski definition) is 2. The molecule has 0 aromatic heterocycles. The minimum atomic E-state index is 0.0770. The van der Waals surface area contributed by atoms with E-state index in [1.165, 1.54) is 11.1 Å². The van der Waals surface area contributed by atoms with Crippen LogP contribution in [0.15, 0.2) is 34.4 Å². The van der Waals surface area contributed by atoms with E-state index in [9.17, 15) is 5.11 Å². The van der Waals surface area contributed by atoms with Gasteiger partial charge < -0.3 is 10.2 Å². The molecule has 16 heavy (non-hydrogen) atoms. The van der Waals surface area contributed by atoms with E-state index in [1.807, 2.05) is 0 Å². The van der Waals surface area contributed by atoms with Gasteiger partial charge in [-0.3, -0.25) is 0 Å². The molecule has 2 heteroatoms. The van der Waals surface area contributed by atoms with Gasteiger partial charge in [-0.05, 0) is 50.7 Å². The van der Waals surface area contributed by atoms with E-state index in [1.54, 1.807) is 0 Å². The summed E-state index contributed by atoms with van der Waals surface area (Å²) in [5, 5.41) is 18.3. The lowest BCUT2D eigenvalue weighted by molar-refractivity contribution is 0.305. The van der Waals surface area contributed by atoms with Crippen molar-refractivity contribution in [3.63, 3.8) is 0 Å². The third-order valence-corrected chi connectivity index (χ3v) is 2.98. The van der Waals surface area contributed by atoms with Crippen LogP contribution in [0.25, 0.3) is 0 Å². The molecule has 0 aliphatic heterocycles.